The smallest absolute Gasteiger partial charge is 0.311 e. The van der Waals surface area contributed by atoms with E-state index in [4.69, 9.17) is 4.74 Å². The second-order valence-electron chi connectivity index (χ2n) is 3.00. The zero-order valence-electron chi connectivity index (χ0n) is 7.78. The zero-order chi connectivity index (χ0) is 9.72. The van der Waals surface area contributed by atoms with Gasteiger partial charge in [-0.2, -0.15) is 0 Å². The molecular weight excluding hydrogens is 156 g/mol. The van der Waals surface area contributed by atoms with Crippen LogP contribution in [0.1, 0.15) is 20.8 Å². The van der Waals surface area contributed by atoms with Crippen LogP contribution < -0.4 is 0 Å². The quantitative estimate of drug-likeness (QED) is 0.510. The minimum atomic E-state index is -0.823. The lowest BCUT2D eigenvalue weighted by molar-refractivity contribution is -0.154. The Bertz CT molecular complexity index is 163. The SMILES string of the molecule is C=C[C@@H](O)[C@@H](C)C(=O)OC(C)C. The maximum absolute atomic E-state index is 11.1. The van der Waals surface area contributed by atoms with Crippen molar-refractivity contribution in [1.29, 1.82) is 0 Å². The van der Waals surface area contributed by atoms with E-state index in [9.17, 15) is 9.90 Å². The van der Waals surface area contributed by atoms with Crippen molar-refractivity contribution in [3.8, 4) is 0 Å². The molecule has 0 aromatic heterocycles. The van der Waals surface area contributed by atoms with Crippen LogP contribution in [0.2, 0.25) is 0 Å². The lowest BCUT2D eigenvalue weighted by Crippen LogP contribution is -2.27. The van der Waals surface area contributed by atoms with Gasteiger partial charge in [0, 0.05) is 0 Å². The first kappa shape index (κ1) is 11.2. The largest absolute Gasteiger partial charge is 0.463 e. The van der Waals surface area contributed by atoms with Crippen molar-refractivity contribution >= 4 is 5.97 Å². The molecule has 2 atom stereocenters. The topological polar surface area (TPSA) is 46.5 Å². The minimum Gasteiger partial charge on any atom is -0.463 e. The number of aliphatic hydroxyl groups is 1. The third kappa shape index (κ3) is 3.53. The Balaban J connectivity index is 4.00. The van der Waals surface area contributed by atoms with Gasteiger partial charge >= 0.3 is 5.97 Å². The average molecular weight is 172 g/mol. The van der Waals surface area contributed by atoms with Gasteiger partial charge in [0.25, 0.3) is 0 Å². The van der Waals surface area contributed by atoms with Crippen LogP contribution in [0.4, 0.5) is 0 Å². The van der Waals surface area contributed by atoms with Gasteiger partial charge in [-0.1, -0.05) is 6.08 Å². The second kappa shape index (κ2) is 4.93. The van der Waals surface area contributed by atoms with Gasteiger partial charge in [0.15, 0.2) is 0 Å². The number of carbonyl (C=O) groups excluding carboxylic acids is 1. The van der Waals surface area contributed by atoms with E-state index < -0.39 is 18.0 Å². The van der Waals surface area contributed by atoms with Crippen LogP contribution in [-0.4, -0.2) is 23.3 Å². The highest BCUT2D eigenvalue weighted by Crippen LogP contribution is 2.07. The summed E-state index contributed by atoms with van der Waals surface area (Å²) >= 11 is 0. The highest BCUT2D eigenvalue weighted by molar-refractivity contribution is 5.73. The number of rotatable bonds is 4. The molecule has 0 amide bonds. The van der Waals surface area contributed by atoms with Crippen LogP contribution in [0.15, 0.2) is 12.7 Å². The van der Waals surface area contributed by atoms with Crippen LogP contribution in [0.25, 0.3) is 0 Å². The summed E-state index contributed by atoms with van der Waals surface area (Å²) in [5.74, 6) is -0.928. The van der Waals surface area contributed by atoms with Crippen molar-refractivity contribution in [3.63, 3.8) is 0 Å². The van der Waals surface area contributed by atoms with Crippen molar-refractivity contribution in [3.05, 3.63) is 12.7 Å². The van der Waals surface area contributed by atoms with Gasteiger partial charge in [0.1, 0.15) is 0 Å². The fraction of sp³-hybridized carbons (Fsp3) is 0.667. The average Bonchev–Trinajstić information content (AvgIpc) is 2.00. The predicted octanol–water partition coefficient (Wildman–Crippen LogP) is 1.12. The molecule has 0 saturated heterocycles. The number of aliphatic hydroxyl groups excluding tert-OH is 1. The Morgan fingerprint density at radius 2 is 2.00 bits per heavy atom. The molecule has 0 aromatic rings. The molecule has 0 heterocycles. The van der Waals surface area contributed by atoms with Crippen LogP contribution in [0.3, 0.4) is 0 Å². The number of ether oxygens (including phenoxy) is 1. The van der Waals surface area contributed by atoms with Crippen LogP contribution in [-0.2, 0) is 9.53 Å². The van der Waals surface area contributed by atoms with Crippen molar-refractivity contribution in [2.24, 2.45) is 5.92 Å². The maximum atomic E-state index is 11.1. The highest BCUT2D eigenvalue weighted by atomic mass is 16.5. The summed E-state index contributed by atoms with van der Waals surface area (Å²) < 4.78 is 4.89. The third-order valence-electron chi connectivity index (χ3n) is 1.48. The van der Waals surface area contributed by atoms with E-state index >= 15 is 0 Å². The van der Waals surface area contributed by atoms with Gasteiger partial charge in [-0.15, -0.1) is 6.58 Å². The standard InChI is InChI=1S/C9H16O3/c1-5-8(10)7(4)9(11)12-6(2)3/h5-8,10H,1H2,2-4H3/t7-,8-/m1/s1. The number of esters is 1. The van der Waals surface area contributed by atoms with Crippen LogP contribution in [0, 0.1) is 5.92 Å². The second-order valence-corrected chi connectivity index (χ2v) is 3.00. The molecule has 0 bridgehead atoms. The highest BCUT2D eigenvalue weighted by Gasteiger charge is 2.21. The molecular formula is C9H16O3. The number of hydrogen-bond acceptors (Lipinski definition) is 3. The number of carbonyl (C=O) groups is 1. The van der Waals surface area contributed by atoms with Crippen LogP contribution >= 0.6 is 0 Å². The molecule has 0 aliphatic carbocycles. The van der Waals surface area contributed by atoms with E-state index in [1.54, 1.807) is 20.8 Å². The lowest BCUT2D eigenvalue weighted by atomic mass is 10.1. The molecule has 0 unspecified atom stereocenters. The Hall–Kier alpha value is -0.830. The monoisotopic (exact) mass is 172 g/mol. The first-order valence-corrected chi connectivity index (χ1v) is 4.00. The van der Waals surface area contributed by atoms with Gasteiger partial charge in [-0.05, 0) is 20.8 Å². The van der Waals surface area contributed by atoms with Gasteiger partial charge in [0.05, 0.1) is 18.1 Å². The Labute approximate surface area is 73.0 Å². The summed E-state index contributed by atoms with van der Waals surface area (Å²) in [4.78, 5) is 11.1. The fourth-order valence-corrected chi connectivity index (χ4v) is 0.683. The van der Waals surface area contributed by atoms with Crippen LogP contribution in [0.5, 0.6) is 0 Å². The summed E-state index contributed by atoms with van der Waals surface area (Å²) in [7, 11) is 0. The van der Waals surface area contributed by atoms with Gasteiger partial charge in [-0.3, -0.25) is 4.79 Å². The Morgan fingerprint density at radius 1 is 1.50 bits per heavy atom. The summed E-state index contributed by atoms with van der Waals surface area (Å²) in [5.41, 5.74) is 0. The normalized spacial score (nSPS) is 15.4. The van der Waals surface area contributed by atoms with Crippen molar-refractivity contribution < 1.29 is 14.6 Å². The first-order valence-electron chi connectivity index (χ1n) is 4.00. The van der Waals surface area contributed by atoms with Gasteiger partial charge in [0.2, 0.25) is 0 Å². The summed E-state index contributed by atoms with van der Waals surface area (Å²) in [6.07, 6.45) is 0.361. The van der Waals surface area contributed by atoms with E-state index in [2.05, 4.69) is 6.58 Å². The maximum Gasteiger partial charge on any atom is 0.311 e. The molecule has 70 valence electrons. The zero-order valence-corrected chi connectivity index (χ0v) is 7.78. The fourth-order valence-electron chi connectivity index (χ4n) is 0.683. The Morgan fingerprint density at radius 3 is 2.33 bits per heavy atom. The van der Waals surface area contributed by atoms with Gasteiger partial charge in [-0.25, -0.2) is 0 Å². The Kier molecular flexibility index (Phi) is 4.59. The minimum absolute atomic E-state index is 0.142. The molecule has 1 N–H and O–H groups in total. The molecule has 0 aliphatic heterocycles. The molecule has 3 nitrogen and oxygen atoms in total. The van der Waals surface area contributed by atoms with Crippen molar-refractivity contribution in [2.75, 3.05) is 0 Å². The van der Waals surface area contributed by atoms with E-state index in [0.29, 0.717) is 0 Å². The molecule has 0 fully saturated rings. The molecule has 3 heteroatoms. The van der Waals surface area contributed by atoms with Gasteiger partial charge < -0.3 is 9.84 Å². The predicted molar refractivity (Wildman–Crippen MR) is 46.6 cm³/mol. The number of hydrogen-bond donors (Lipinski definition) is 1. The summed E-state index contributed by atoms with van der Waals surface area (Å²) in [6.45, 7) is 8.53. The molecule has 0 spiro atoms. The summed E-state index contributed by atoms with van der Waals surface area (Å²) in [6, 6.07) is 0. The molecule has 0 aromatic carbocycles. The molecule has 0 radical (unpaired) electrons. The third-order valence-corrected chi connectivity index (χ3v) is 1.48. The molecule has 0 rings (SSSR count). The molecule has 0 aliphatic rings. The van der Waals surface area contributed by atoms with Crippen molar-refractivity contribution in [1.82, 2.24) is 0 Å². The molecule has 12 heavy (non-hydrogen) atoms. The van der Waals surface area contributed by atoms with E-state index in [1.165, 1.54) is 6.08 Å². The summed E-state index contributed by atoms with van der Waals surface area (Å²) in [5, 5.41) is 9.19. The van der Waals surface area contributed by atoms with E-state index in [1.807, 2.05) is 0 Å². The first-order chi connectivity index (χ1) is 5.49. The van der Waals surface area contributed by atoms with Crippen molar-refractivity contribution in [2.45, 2.75) is 33.0 Å². The van der Waals surface area contributed by atoms with E-state index in [-0.39, 0.29) is 6.10 Å². The molecule has 0 saturated carbocycles. The van der Waals surface area contributed by atoms with E-state index in [0.717, 1.165) is 0 Å². The lowest BCUT2D eigenvalue weighted by Gasteiger charge is -2.15.